The molecule has 6 nitrogen and oxygen atoms in total. The zero-order valence-electron chi connectivity index (χ0n) is 16.6. The molecule has 0 saturated carbocycles. The summed E-state index contributed by atoms with van der Waals surface area (Å²) in [6.07, 6.45) is 1.66. The van der Waals surface area contributed by atoms with Gasteiger partial charge in [0.1, 0.15) is 10.6 Å². The van der Waals surface area contributed by atoms with Gasteiger partial charge in [0.15, 0.2) is 5.16 Å². The zero-order chi connectivity index (χ0) is 21.0. The highest BCUT2D eigenvalue weighted by molar-refractivity contribution is 7.99. The van der Waals surface area contributed by atoms with Crippen LogP contribution in [-0.2, 0) is 9.53 Å². The highest BCUT2D eigenvalue weighted by atomic mass is 32.2. The van der Waals surface area contributed by atoms with E-state index in [9.17, 15) is 9.59 Å². The lowest BCUT2D eigenvalue weighted by molar-refractivity contribution is -0.113. The van der Waals surface area contributed by atoms with Crippen molar-refractivity contribution in [1.82, 2.24) is 9.97 Å². The van der Waals surface area contributed by atoms with E-state index in [4.69, 9.17) is 4.74 Å². The van der Waals surface area contributed by atoms with Crippen molar-refractivity contribution in [3.05, 3.63) is 58.2 Å². The van der Waals surface area contributed by atoms with E-state index in [1.165, 1.54) is 30.2 Å². The average molecular weight is 428 g/mol. The van der Waals surface area contributed by atoms with Crippen LogP contribution >= 0.6 is 23.1 Å². The lowest BCUT2D eigenvalue weighted by Gasteiger charge is -2.10. The summed E-state index contributed by atoms with van der Waals surface area (Å²) >= 11 is 2.55. The third kappa shape index (κ3) is 5.02. The number of aromatic nitrogens is 2. The van der Waals surface area contributed by atoms with Crippen molar-refractivity contribution in [3.63, 3.8) is 0 Å². The first-order chi connectivity index (χ1) is 13.9. The van der Waals surface area contributed by atoms with Crippen molar-refractivity contribution >= 4 is 40.0 Å². The summed E-state index contributed by atoms with van der Waals surface area (Å²) in [4.78, 5) is 33.4. The normalized spacial score (nSPS) is 10.6. The number of nitrogens with one attached hydrogen (secondary N) is 1. The van der Waals surface area contributed by atoms with E-state index in [1.807, 2.05) is 44.4 Å². The second kappa shape index (κ2) is 9.19. The van der Waals surface area contributed by atoms with E-state index in [-0.39, 0.29) is 11.7 Å². The Balaban J connectivity index is 1.84. The highest BCUT2D eigenvalue weighted by Gasteiger charge is 2.23. The molecule has 0 atom stereocenters. The molecule has 0 aliphatic heterocycles. The quantitative estimate of drug-likeness (QED) is 0.350. The predicted octanol–water partition coefficient (Wildman–Crippen LogP) is 4.65. The van der Waals surface area contributed by atoms with Crippen LogP contribution in [0.4, 0.5) is 5.00 Å². The number of methoxy groups -OCH3 is 1. The van der Waals surface area contributed by atoms with Gasteiger partial charge in [0.05, 0.1) is 12.9 Å². The van der Waals surface area contributed by atoms with Crippen LogP contribution in [0.15, 0.2) is 41.0 Å². The Morgan fingerprint density at radius 1 is 1.17 bits per heavy atom. The molecular weight excluding hydrogens is 406 g/mol. The fraction of sp³-hybridized carbons (Fsp3) is 0.238. The number of aryl methyl sites for hydroxylation is 3. The first-order valence-electron chi connectivity index (χ1n) is 8.88. The number of carbonyl (C=O) groups is 2. The van der Waals surface area contributed by atoms with Gasteiger partial charge in [-0.15, -0.1) is 11.3 Å². The number of rotatable bonds is 6. The summed E-state index contributed by atoms with van der Waals surface area (Å²) in [5.74, 6) is -0.576. The molecule has 0 unspecified atom stereocenters. The number of nitrogens with zero attached hydrogens (tertiary/aromatic N) is 2. The van der Waals surface area contributed by atoms with Crippen molar-refractivity contribution < 1.29 is 14.3 Å². The minimum atomic E-state index is -0.480. The summed E-state index contributed by atoms with van der Waals surface area (Å²) in [5, 5.41) is 5.73. The van der Waals surface area contributed by atoms with Crippen LogP contribution < -0.4 is 5.32 Å². The Morgan fingerprint density at radius 2 is 1.97 bits per heavy atom. The smallest absolute Gasteiger partial charge is 0.341 e. The van der Waals surface area contributed by atoms with Crippen LogP contribution in [-0.4, -0.2) is 34.7 Å². The molecule has 2 heterocycles. The van der Waals surface area contributed by atoms with Gasteiger partial charge in [-0.3, -0.25) is 4.79 Å². The molecule has 0 saturated heterocycles. The summed E-state index contributed by atoms with van der Waals surface area (Å²) in [6, 6.07) is 7.87. The van der Waals surface area contributed by atoms with Gasteiger partial charge in [0.2, 0.25) is 5.91 Å². The van der Waals surface area contributed by atoms with E-state index < -0.39 is 5.97 Å². The van der Waals surface area contributed by atoms with E-state index in [0.717, 1.165) is 27.9 Å². The molecule has 0 fully saturated rings. The van der Waals surface area contributed by atoms with Crippen molar-refractivity contribution in [2.24, 2.45) is 0 Å². The molecule has 0 spiro atoms. The molecule has 150 valence electrons. The number of esters is 1. The first kappa shape index (κ1) is 21.0. The second-order valence-electron chi connectivity index (χ2n) is 6.48. The molecule has 0 radical (unpaired) electrons. The number of anilines is 1. The fourth-order valence-corrected chi connectivity index (χ4v) is 4.41. The Bertz CT molecular complexity index is 1060. The standard InChI is InChI=1S/C21H21N3O3S2/c1-12-5-6-13(2)15(9-12)16-10-28-19(18(16)20(26)27-4)24-17(25)11-29-21-22-8-7-14(3)23-21/h5-10H,11H2,1-4H3,(H,24,25). The molecule has 1 amide bonds. The molecular formula is C21H21N3O3S2. The van der Waals surface area contributed by atoms with E-state index >= 15 is 0 Å². The number of amides is 1. The van der Waals surface area contributed by atoms with Gasteiger partial charge in [-0.1, -0.05) is 35.5 Å². The Kier molecular flexibility index (Phi) is 6.66. The molecule has 2 aromatic heterocycles. The largest absolute Gasteiger partial charge is 0.465 e. The molecule has 3 aromatic rings. The van der Waals surface area contributed by atoms with Crippen LogP contribution in [0.1, 0.15) is 27.2 Å². The highest BCUT2D eigenvalue weighted by Crippen LogP contribution is 2.38. The fourth-order valence-electron chi connectivity index (χ4n) is 2.77. The number of hydrogen-bond donors (Lipinski definition) is 1. The average Bonchev–Trinajstić information content (AvgIpc) is 3.11. The third-order valence-corrected chi connectivity index (χ3v) is 5.98. The van der Waals surface area contributed by atoms with Crippen LogP contribution in [0.5, 0.6) is 0 Å². The maximum atomic E-state index is 12.5. The minimum Gasteiger partial charge on any atom is -0.465 e. The summed E-state index contributed by atoms with van der Waals surface area (Å²) in [6.45, 7) is 5.86. The van der Waals surface area contributed by atoms with Gasteiger partial charge in [0.25, 0.3) is 0 Å². The number of thiophene rings is 1. The van der Waals surface area contributed by atoms with Crippen LogP contribution in [0.2, 0.25) is 0 Å². The van der Waals surface area contributed by atoms with Crippen LogP contribution in [0.25, 0.3) is 11.1 Å². The van der Waals surface area contributed by atoms with Crippen molar-refractivity contribution in [1.29, 1.82) is 0 Å². The zero-order valence-corrected chi connectivity index (χ0v) is 18.2. The van der Waals surface area contributed by atoms with Gasteiger partial charge in [0, 0.05) is 22.8 Å². The Labute approximate surface area is 177 Å². The van der Waals surface area contributed by atoms with Gasteiger partial charge < -0.3 is 10.1 Å². The lowest BCUT2D eigenvalue weighted by atomic mass is 9.97. The van der Waals surface area contributed by atoms with E-state index in [2.05, 4.69) is 15.3 Å². The lowest BCUT2D eigenvalue weighted by Crippen LogP contribution is -2.16. The van der Waals surface area contributed by atoms with E-state index in [0.29, 0.717) is 15.7 Å². The topological polar surface area (TPSA) is 81.2 Å². The SMILES string of the molecule is COC(=O)c1c(-c2cc(C)ccc2C)csc1NC(=O)CSc1nccc(C)n1. The maximum Gasteiger partial charge on any atom is 0.341 e. The second-order valence-corrected chi connectivity index (χ2v) is 8.30. The van der Waals surface area contributed by atoms with Crippen molar-refractivity contribution in [2.75, 3.05) is 18.2 Å². The summed E-state index contributed by atoms with van der Waals surface area (Å²) in [7, 11) is 1.34. The Hall–Kier alpha value is -2.71. The molecule has 3 rings (SSSR count). The number of thioether (sulfide) groups is 1. The summed E-state index contributed by atoms with van der Waals surface area (Å²) < 4.78 is 4.98. The van der Waals surface area contributed by atoms with Crippen molar-refractivity contribution in [2.45, 2.75) is 25.9 Å². The molecule has 29 heavy (non-hydrogen) atoms. The maximum absolute atomic E-state index is 12.5. The minimum absolute atomic E-state index is 0.140. The van der Waals surface area contributed by atoms with Gasteiger partial charge >= 0.3 is 5.97 Å². The Morgan fingerprint density at radius 3 is 2.69 bits per heavy atom. The van der Waals surface area contributed by atoms with Crippen molar-refractivity contribution in [3.8, 4) is 11.1 Å². The van der Waals surface area contributed by atoms with Crippen LogP contribution in [0.3, 0.4) is 0 Å². The van der Waals surface area contributed by atoms with E-state index in [1.54, 1.807) is 12.3 Å². The molecule has 1 aromatic carbocycles. The van der Waals surface area contributed by atoms with Gasteiger partial charge in [-0.2, -0.15) is 0 Å². The molecule has 0 aliphatic rings. The predicted molar refractivity (Wildman–Crippen MR) is 117 cm³/mol. The molecule has 8 heteroatoms. The summed E-state index contributed by atoms with van der Waals surface area (Å²) in [5.41, 5.74) is 5.05. The number of benzene rings is 1. The monoisotopic (exact) mass is 427 g/mol. The molecule has 0 bridgehead atoms. The first-order valence-corrected chi connectivity index (χ1v) is 10.7. The third-order valence-electron chi connectivity index (χ3n) is 4.22. The van der Waals surface area contributed by atoms with Gasteiger partial charge in [-0.05, 0) is 38.0 Å². The molecule has 0 aliphatic carbocycles. The number of ether oxygens (including phenoxy) is 1. The molecule has 1 N–H and O–H groups in total. The number of carbonyl (C=O) groups excluding carboxylic acids is 2. The van der Waals surface area contributed by atoms with Crippen LogP contribution in [0, 0.1) is 20.8 Å². The van der Waals surface area contributed by atoms with Gasteiger partial charge in [-0.25, -0.2) is 14.8 Å². The number of hydrogen-bond acceptors (Lipinski definition) is 7.